The monoisotopic (exact) mass is 453 g/mol. The summed E-state index contributed by atoms with van der Waals surface area (Å²) in [6.45, 7) is 0.175. The molecule has 9 heteroatoms. The number of phenolic OH excluding ortho intramolecular Hbond substituents is 1. The van der Waals surface area contributed by atoms with Crippen molar-refractivity contribution in [2.75, 3.05) is 7.05 Å². The summed E-state index contributed by atoms with van der Waals surface area (Å²) in [4.78, 5) is 13.0. The van der Waals surface area contributed by atoms with Gasteiger partial charge >= 0.3 is 0 Å². The molecular formula is C23H20FN3O4S. The van der Waals surface area contributed by atoms with Crippen LogP contribution in [0.4, 0.5) is 4.39 Å². The molecule has 164 valence electrons. The minimum atomic E-state index is -3.53. The van der Waals surface area contributed by atoms with Crippen molar-refractivity contribution in [3.05, 3.63) is 89.9 Å². The zero-order chi connectivity index (χ0) is 22.9. The number of fused-ring (bicyclic) bond motifs is 1. The Hall–Kier alpha value is -3.69. The van der Waals surface area contributed by atoms with Gasteiger partial charge in [-0.3, -0.25) is 4.79 Å². The van der Waals surface area contributed by atoms with Gasteiger partial charge in [0, 0.05) is 29.9 Å². The van der Waals surface area contributed by atoms with Crippen molar-refractivity contribution < 1.29 is 22.7 Å². The molecule has 1 heterocycles. The fourth-order valence-corrected chi connectivity index (χ4v) is 4.15. The Labute approximate surface area is 184 Å². The fourth-order valence-electron chi connectivity index (χ4n) is 3.42. The molecule has 0 aliphatic heterocycles. The summed E-state index contributed by atoms with van der Waals surface area (Å²) >= 11 is 0. The predicted molar refractivity (Wildman–Crippen MR) is 119 cm³/mol. The average molecular weight is 453 g/mol. The van der Waals surface area contributed by atoms with Gasteiger partial charge in [0.05, 0.1) is 16.0 Å². The highest BCUT2D eigenvalue weighted by atomic mass is 32.2. The summed E-state index contributed by atoms with van der Waals surface area (Å²) < 4.78 is 40.9. The lowest BCUT2D eigenvalue weighted by Crippen LogP contribution is -2.23. The van der Waals surface area contributed by atoms with Gasteiger partial charge in [-0.05, 0) is 61.1 Å². The normalized spacial score (nSPS) is 11.6. The van der Waals surface area contributed by atoms with E-state index in [0.29, 0.717) is 22.2 Å². The number of rotatable bonds is 6. The van der Waals surface area contributed by atoms with Crippen LogP contribution in [0, 0.1) is 5.82 Å². The minimum Gasteiger partial charge on any atom is -0.508 e. The highest BCUT2D eigenvalue weighted by Crippen LogP contribution is 2.28. The Morgan fingerprint density at radius 1 is 1.03 bits per heavy atom. The lowest BCUT2D eigenvalue weighted by atomic mass is 10.1. The zero-order valence-corrected chi connectivity index (χ0v) is 17.9. The van der Waals surface area contributed by atoms with Crippen LogP contribution in [0.1, 0.15) is 15.9 Å². The van der Waals surface area contributed by atoms with Crippen LogP contribution in [0.5, 0.6) is 5.75 Å². The first-order valence-corrected chi connectivity index (χ1v) is 11.2. The number of hydrogen-bond donors (Lipinski definition) is 3. The van der Waals surface area contributed by atoms with E-state index in [2.05, 4.69) is 10.0 Å². The van der Waals surface area contributed by atoms with Crippen molar-refractivity contribution in [2.45, 2.75) is 11.4 Å². The van der Waals surface area contributed by atoms with Gasteiger partial charge in [0.15, 0.2) is 0 Å². The molecule has 0 aliphatic rings. The second-order valence-corrected chi connectivity index (χ2v) is 9.01. The van der Waals surface area contributed by atoms with E-state index in [1.165, 1.54) is 43.4 Å². The molecule has 0 bridgehead atoms. The Kier molecular flexibility index (Phi) is 5.68. The van der Waals surface area contributed by atoms with Gasteiger partial charge in [-0.2, -0.15) is 0 Å². The molecule has 0 unspecified atom stereocenters. The number of halogens is 1. The van der Waals surface area contributed by atoms with Crippen molar-refractivity contribution >= 4 is 26.8 Å². The van der Waals surface area contributed by atoms with E-state index in [-0.39, 0.29) is 28.6 Å². The molecule has 0 atom stereocenters. The third kappa shape index (κ3) is 4.20. The zero-order valence-electron chi connectivity index (χ0n) is 17.0. The molecule has 0 aliphatic carbocycles. The number of nitrogens with zero attached hydrogens (tertiary/aromatic N) is 1. The summed E-state index contributed by atoms with van der Waals surface area (Å²) in [5.74, 6) is -0.828. The Morgan fingerprint density at radius 2 is 1.72 bits per heavy atom. The number of hydrogen-bond acceptors (Lipinski definition) is 4. The fraction of sp³-hybridized carbons (Fsp3) is 0.0870. The number of carbonyl (C=O) groups is 1. The number of amides is 1. The molecular weight excluding hydrogens is 433 g/mol. The summed E-state index contributed by atoms with van der Waals surface area (Å²) in [5, 5.41) is 13.6. The maximum absolute atomic E-state index is 13.3. The van der Waals surface area contributed by atoms with Crippen LogP contribution >= 0.6 is 0 Å². The second-order valence-electron chi connectivity index (χ2n) is 7.12. The average Bonchev–Trinajstić information content (AvgIpc) is 3.21. The van der Waals surface area contributed by atoms with E-state index in [1.807, 2.05) is 0 Å². The maximum Gasteiger partial charge on any atom is 0.252 e. The van der Waals surface area contributed by atoms with E-state index in [0.717, 1.165) is 0 Å². The molecule has 0 spiro atoms. The summed E-state index contributed by atoms with van der Waals surface area (Å²) in [5.41, 5.74) is 2.29. The summed E-state index contributed by atoms with van der Waals surface area (Å²) in [6.07, 6.45) is 1.75. The van der Waals surface area contributed by atoms with Gasteiger partial charge in [-0.25, -0.2) is 17.5 Å². The van der Waals surface area contributed by atoms with Gasteiger partial charge < -0.3 is 15.0 Å². The van der Waals surface area contributed by atoms with Crippen molar-refractivity contribution in [2.24, 2.45) is 0 Å². The van der Waals surface area contributed by atoms with Crippen molar-refractivity contribution in [3.63, 3.8) is 0 Å². The van der Waals surface area contributed by atoms with Gasteiger partial charge in [0.2, 0.25) is 10.0 Å². The summed E-state index contributed by atoms with van der Waals surface area (Å²) in [7, 11) is -2.19. The van der Waals surface area contributed by atoms with Crippen molar-refractivity contribution in [1.82, 2.24) is 14.6 Å². The van der Waals surface area contributed by atoms with Crippen LogP contribution in [0.3, 0.4) is 0 Å². The number of carbonyl (C=O) groups excluding carboxylic acids is 1. The largest absolute Gasteiger partial charge is 0.508 e. The second kappa shape index (κ2) is 8.45. The molecule has 4 rings (SSSR count). The molecule has 0 saturated carbocycles. The molecule has 0 radical (unpaired) electrons. The lowest BCUT2D eigenvalue weighted by Gasteiger charge is -2.10. The number of sulfonamides is 1. The van der Waals surface area contributed by atoms with Crippen LogP contribution in [-0.2, 0) is 16.6 Å². The number of nitrogens with one attached hydrogen (secondary N) is 2. The first kappa shape index (κ1) is 21.5. The third-order valence-electron chi connectivity index (χ3n) is 5.10. The van der Waals surface area contributed by atoms with Crippen molar-refractivity contribution in [1.29, 1.82) is 0 Å². The molecule has 0 saturated heterocycles. The van der Waals surface area contributed by atoms with Crippen LogP contribution < -0.4 is 10.0 Å². The van der Waals surface area contributed by atoms with Crippen LogP contribution in [0.15, 0.2) is 77.8 Å². The molecule has 32 heavy (non-hydrogen) atoms. The van der Waals surface area contributed by atoms with E-state index in [4.69, 9.17) is 0 Å². The van der Waals surface area contributed by atoms with E-state index >= 15 is 0 Å². The van der Waals surface area contributed by atoms with Gasteiger partial charge in [0.25, 0.3) is 5.91 Å². The number of aromatic nitrogens is 1. The Morgan fingerprint density at radius 3 is 2.38 bits per heavy atom. The molecule has 4 aromatic rings. The molecule has 7 nitrogen and oxygen atoms in total. The molecule has 0 fully saturated rings. The number of phenols is 1. The van der Waals surface area contributed by atoms with Gasteiger partial charge in [-0.1, -0.05) is 12.1 Å². The van der Waals surface area contributed by atoms with Gasteiger partial charge in [-0.15, -0.1) is 0 Å². The van der Waals surface area contributed by atoms with Crippen LogP contribution in [0.25, 0.3) is 16.6 Å². The standard InChI is InChI=1S/C23H20FN3O4S/c1-25-32(30,31)19-8-2-15(3-9-19)14-26-23(29)21-12-18(28)13-22-20(21)10-11-27(22)17-6-4-16(24)5-7-17/h2-13,25,28H,14H2,1H3,(H,26,29). The molecule has 3 N–H and O–H groups in total. The van der Waals surface area contributed by atoms with E-state index < -0.39 is 15.9 Å². The predicted octanol–water partition coefficient (Wildman–Crippen LogP) is 3.31. The SMILES string of the molecule is CNS(=O)(=O)c1ccc(CNC(=O)c2cc(O)cc3c2ccn3-c2ccc(F)cc2)cc1. The van der Waals surface area contributed by atoms with E-state index in [1.54, 1.807) is 41.1 Å². The Balaban J connectivity index is 1.58. The Bertz CT molecular complexity index is 1400. The number of aromatic hydroxyl groups is 1. The highest BCUT2D eigenvalue weighted by molar-refractivity contribution is 7.89. The lowest BCUT2D eigenvalue weighted by molar-refractivity contribution is 0.0952. The topological polar surface area (TPSA) is 100 Å². The summed E-state index contributed by atoms with van der Waals surface area (Å²) in [6, 6.07) is 16.7. The quantitative estimate of drug-likeness (QED) is 0.417. The van der Waals surface area contributed by atoms with Gasteiger partial charge in [0.1, 0.15) is 11.6 Å². The van der Waals surface area contributed by atoms with Crippen LogP contribution in [-0.4, -0.2) is 31.0 Å². The van der Waals surface area contributed by atoms with Crippen LogP contribution in [0.2, 0.25) is 0 Å². The first-order chi connectivity index (χ1) is 15.3. The van der Waals surface area contributed by atoms with Crippen molar-refractivity contribution in [3.8, 4) is 11.4 Å². The molecule has 1 aromatic heterocycles. The number of benzene rings is 3. The first-order valence-electron chi connectivity index (χ1n) is 9.69. The van der Waals surface area contributed by atoms with E-state index in [9.17, 15) is 22.7 Å². The maximum atomic E-state index is 13.3. The molecule has 3 aromatic carbocycles. The third-order valence-corrected chi connectivity index (χ3v) is 6.53. The molecule has 1 amide bonds. The minimum absolute atomic E-state index is 0.0775. The highest BCUT2D eigenvalue weighted by Gasteiger charge is 2.16. The smallest absolute Gasteiger partial charge is 0.252 e.